The summed E-state index contributed by atoms with van der Waals surface area (Å²) in [7, 11) is 0. The molecule has 7 nitrogen and oxygen atoms in total. The number of nitrogens with zero attached hydrogens (tertiary/aromatic N) is 1. The zero-order chi connectivity index (χ0) is 21.3. The zero-order valence-electron chi connectivity index (χ0n) is 16.7. The molecule has 1 fully saturated rings. The molecule has 0 radical (unpaired) electrons. The third kappa shape index (κ3) is 3.75. The molecule has 7 heteroatoms. The Morgan fingerprint density at radius 1 is 1.10 bits per heavy atom. The lowest BCUT2D eigenvalue weighted by Gasteiger charge is -2.38. The molecule has 30 heavy (non-hydrogen) atoms. The lowest BCUT2D eigenvalue weighted by Crippen LogP contribution is -2.56. The van der Waals surface area contributed by atoms with E-state index in [4.69, 9.17) is 9.84 Å². The van der Waals surface area contributed by atoms with E-state index >= 15 is 0 Å². The summed E-state index contributed by atoms with van der Waals surface area (Å²) in [5.41, 5.74) is 4.58. The lowest BCUT2D eigenvalue weighted by atomic mass is 9.98. The minimum absolute atomic E-state index is 0.0301. The summed E-state index contributed by atoms with van der Waals surface area (Å²) in [4.78, 5) is 36.9. The summed E-state index contributed by atoms with van der Waals surface area (Å²) in [6.07, 6.45) is -0.0842. The van der Waals surface area contributed by atoms with Gasteiger partial charge in [-0.15, -0.1) is 0 Å². The molecule has 2 aliphatic rings. The van der Waals surface area contributed by atoms with Crippen molar-refractivity contribution in [1.82, 2.24) is 10.2 Å². The molecule has 156 valence electrons. The smallest absolute Gasteiger partial charge is 0.407 e. The maximum atomic E-state index is 12.3. The Balaban J connectivity index is 1.32. The van der Waals surface area contributed by atoms with E-state index in [1.807, 2.05) is 24.3 Å². The SMILES string of the molecule is C[C@H](CC(=O)N1CCC1C(=O)O)NC(=O)OCC1c2ccccc2-c2ccccc21. The van der Waals surface area contributed by atoms with Gasteiger partial charge in [0, 0.05) is 24.9 Å². The summed E-state index contributed by atoms with van der Waals surface area (Å²) < 4.78 is 5.48. The number of carboxylic acid groups (broad SMARTS) is 1. The second kappa shape index (κ2) is 8.18. The van der Waals surface area contributed by atoms with E-state index in [2.05, 4.69) is 29.6 Å². The zero-order valence-corrected chi connectivity index (χ0v) is 16.7. The van der Waals surface area contributed by atoms with Crippen LogP contribution in [0.4, 0.5) is 4.79 Å². The highest BCUT2D eigenvalue weighted by Crippen LogP contribution is 2.44. The number of likely N-dealkylation sites (tertiary alicyclic amines) is 1. The number of rotatable bonds is 6. The van der Waals surface area contributed by atoms with Crippen molar-refractivity contribution in [3.63, 3.8) is 0 Å². The Labute approximate surface area is 174 Å². The van der Waals surface area contributed by atoms with Crippen molar-refractivity contribution in [3.8, 4) is 11.1 Å². The van der Waals surface area contributed by atoms with Gasteiger partial charge in [0.25, 0.3) is 0 Å². The van der Waals surface area contributed by atoms with Gasteiger partial charge >= 0.3 is 12.1 Å². The van der Waals surface area contributed by atoms with E-state index in [1.54, 1.807) is 6.92 Å². The number of ether oxygens (including phenoxy) is 1. The number of alkyl carbamates (subject to hydrolysis) is 1. The van der Waals surface area contributed by atoms with E-state index in [0.29, 0.717) is 13.0 Å². The highest BCUT2D eigenvalue weighted by Gasteiger charge is 2.37. The van der Waals surface area contributed by atoms with Crippen LogP contribution < -0.4 is 5.32 Å². The first-order valence-electron chi connectivity index (χ1n) is 10.1. The predicted molar refractivity (Wildman–Crippen MR) is 110 cm³/mol. The van der Waals surface area contributed by atoms with Gasteiger partial charge in [-0.3, -0.25) is 4.79 Å². The van der Waals surface area contributed by atoms with Gasteiger partial charge in [-0.05, 0) is 35.6 Å². The largest absolute Gasteiger partial charge is 0.480 e. The van der Waals surface area contributed by atoms with Crippen molar-refractivity contribution in [2.24, 2.45) is 0 Å². The number of amides is 2. The van der Waals surface area contributed by atoms with Crippen molar-refractivity contribution in [2.75, 3.05) is 13.2 Å². The monoisotopic (exact) mass is 408 g/mol. The van der Waals surface area contributed by atoms with E-state index in [9.17, 15) is 14.4 Å². The molecule has 0 saturated carbocycles. The topological polar surface area (TPSA) is 95.9 Å². The number of carboxylic acids is 1. The summed E-state index contributed by atoms with van der Waals surface area (Å²) in [6, 6.07) is 15.0. The maximum Gasteiger partial charge on any atom is 0.407 e. The van der Waals surface area contributed by atoms with E-state index < -0.39 is 24.1 Å². The molecule has 0 spiro atoms. The Bertz CT molecular complexity index is 944. The van der Waals surface area contributed by atoms with Crippen LogP contribution in [0, 0.1) is 0 Å². The van der Waals surface area contributed by atoms with Crippen LogP contribution >= 0.6 is 0 Å². The number of carbonyl (C=O) groups is 3. The molecule has 2 N–H and O–H groups in total. The van der Waals surface area contributed by atoms with E-state index in [1.165, 1.54) is 4.90 Å². The molecule has 2 aromatic carbocycles. The molecule has 0 bridgehead atoms. The first kappa shape index (κ1) is 19.9. The summed E-state index contributed by atoms with van der Waals surface area (Å²) in [5, 5.41) is 11.7. The standard InChI is InChI=1S/C23H24N2O5/c1-14(12-21(26)25-11-10-20(25)22(27)28)24-23(29)30-13-19-17-8-4-2-6-15(17)16-7-3-5-9-18(16)19/h2-9,14,19-20H,10-13H2,1H3,(H,24,29)(H,27,28)/t14-,20?/m1/s1. The summed E-state index contributed by atoms with van der Waals surface area (Å²) in [5.74, 6) is -1.30. The van der Waals surface area contributed by atoms with Gasteiger partial charge in [-0.2, -0.15) is 0 Å². The van der Waals surface area contributed by atoms with Crippen molar-refractivity contribution >= 4 is 18.0 Å². The maximum absolute atomic E-state index is 12.3. The fraction of sp³-hybridized carbons (Fsp3) is 0.348. The molecule has 4 rings (SSSR count). The molecule has 2 amide bonds. The average Bonchev–Trinajstić information content (AvgIpc) is 2.98. The van der Waals surface area contributed by atoms with Crippen LogP contribution in [-0.4, -0.2) is 53.2 Å². The molecule has 0 aromatic heterocycles. The van der Waals surface area contributed by atoms with Crippen molar-refractivity contribution in [3.05, 3.63) is 59.7 Å². The highest BCUT2D eigenvalue weighted by atomic mass is 16.5. The molecule has 1 heterocycles. The molecular formula is C23H24N2O5. The Kier molecular flexibility index (Phi) is 5.44. The average molecular weight is 408 g/mol. The fourth-order valence-corrected chi connectivity index (χ4v) is 4.21. The van der Waals surface area contributed by atoms with Crippen LogP contribution in [0.3, 0.4) is 0 Å². The second-order valence-corrected chi connectivity index (χ2v) is 7.80. The fourth-order valence-electron chi connectivity index (χ4n) is 4.21. The number of hydrogen-bond donors (Lipinski definition) is 2. The minimum Gasteiger partial charge on any atom is -0.480 e. The Morgan fingerprint density at radius 2 is 1.70 bits per heavy atom. The van der Waals surface area contributed by atoms with Crippen LogP contribution in [0.25, 0.3) is 11.1 Å². The van der Waals surface area contributed by atoms with Gasteiger partial charge in [0.05, 0.1) is 0 Å². The van der Waals surface area contributed by atoms with E-state index in [0.717, 1.165) is 22.3 Å². The third-order valence-electron chi connectivity index (χ3n) is 5.81. The lowest BCUT2D eigenvalue weighted by molar-refractivity contribution is -0.157. The number of nitrogens with one attached hydrogen (secondary N) is 1. The van der Waals surface area contributed by atoms with Crippen molar-refractivity contribution in [1.29, 1.82) is 0 Å². The second-order valence-electron chi connectivity index (χ2n) is 7.80. The molecular weight excluding hydrogens is 384 g/mol. The Hall–Kier alpha value is -3.35. The van der Waals surface area contributed by atoms with Gasteiger partial charge in [-0.25, -0.2) is 9.59 Å². The Morgan fingerprint density at radius 3 is 2.23 bits per heavy atom. The molecule has 1 unspecified atom stereocenters. The van der Waals surface area contributed by atoms with Crippen LogP contribution in [-0.2, 0) is 14.3 Å². The van der Waals surface area contributed by atoms with Gasteiger partial charge in [0.1, 0.15) is 12.6 Å². The summed E-state index contributed by atoms with van der Waals surface area (Å²) in [6.45, 7) is 2.34. The van der Waals surface area contributed by atoms with Gasteiger partial charge < -0.3 is 20.1 Å². The van der Waals surface area contributed by atoms with Gasteiger partial charge in [0.2, 0.25) is 5.91 Å². The van der Waals surface area contributed by atoms with Gasteiger partial charge in [-0.1, -0.05) is 48.5 Å². The molecule has 1 aliphatic carbocycles. The highest BCUT2D eigenvalue weighted by molar-refractivity contribution is 5.86. The molecule has 2 aromatic rings. The van der Waals surface area contributed by atoms with E-state index in [-0.39, 0.29) is 24.9 Å². The van der Waals surface area contributed by atoms with Crippen LogP contribution in [0.5, 0.6) is 0 Å². The number of aliphatic carboxylic acids is 1. The quantitative estimate of drug-likeness (QED) is 0.766. The van der Waals surface area contributed by atoms with Crippen molar-refractivity contribution < 1.29 is 24.2 Å². The first-order valence-corrected chi connectivity index (χ1v) is 10.1. The molecule has 2 atom stereocenters. The number of hydrogen-bond acceptors (Lipinski definition) is 4. The normalized spacial score (nSPS) is 18.0. The number of benzene rings is 2. The third-order valence-corrected chi connectivity index (χ3v) is 5.81. The van der Waals surface area contributed by atoms with Crippen molar-refractivity contribution in [2.45, 2.75) is 37.8 Å². The predicted octanol–water partition coefficient (Wildman–Crippen LogP) is 2.99. The van der Waals surface area contributed by atoms with Crippen LogP contribution in [0.2, 0.25) is 0 Å². The number of carbonyl (C=O) groups excluding carboxylic acids is 2. The summed E-state index contributed by atoms with van der Waals surface area (Å²) >= 11 is 0. The van der Waals surface area contributed by atoms with Crippen LogP contribution in [0.1, 0.15) is 36.8 Å². The van der Waals surface area contributed by atoms with Gasteiger partial charge in [0.15, 0.2) is 0 Å². The number of fused-ring (bicyclic) bond motifs is 3. The molecule has 1 saturated heterocycles. The first-order chi connectivity index (χ1) is 14.5. The molecule has 1 aliphatic heterocycles. The van der Waals surface area contributed by atoms with Crippen LogP contribution in [0.15, 0.2) is 48.5 Å². The minimum atomic E-state index is -0.994.